The van der Waals surface area contributed by atoms with Crippen LogP contribution in [0.1, 0.15) is 2.74 Å². The monoisotopic (exact) mass is 722 g/mol. The summed E-state index contributed by atoms with van der Waals surface area (Å²) in [4.78, 5) is 0. The van der Waals surface area contributed by atoms with Crippen LogP contribution in [0.4, 0.5) is 0 Å². The Bertz CT molecular complexity index is 3840. The van der Waals surface area contributed by atoms with E-state index in [1.807, 2.05) is 30.3 Å². The van der Waals surface area contributed by atoms with Crippen molar-refractivity contribution in [1.29, 1.82) is 0 Å². The molecule has 0 saturated carbocycles. The van der Waals surface area contributed by atoms with Gasteiger partial charge in [0, 0.05) is 10.8 Å². The average molecular weight is 723 g/mol. The van der Waals surface area contributed by atoms with Gasteiger partial charge in [-0.15, -0.1) is 0 Å². The molecule has 0 amide bonds. The fourth-order valence-corrected chi connectivity index (χ4v) is 9.78. The lowest BCUT2D eigenvalue weighted by Gasteiger charge is -2.22. The Hall–Kier alpha value is -7.48. The Kier molecular flexibility index (Phi) is 5.84. The van der Waals surface area contributed by atoms with Gasteiger partial charge in [0.25, 0.3) is 0 Å². The summed E-state index contributed by atoms with van der Waals surface area (Å²) in [5.74, 6) is 0. The van der Waals surface area contributed by atoms with Crippen LogP contribution in [-0.4, -0.2) is 0 Å². The molecule has 0 aliphatic heterocycles. The summed E-state index contributed by atoms with van der Waals surface area (Å²) in [5.41, 5.74) is 8.49. The number of furan rings is 1. The van der Waals surface area contributed by atoms with Crippen molar-refractivity contribution in [1.82, 2.24) is 0 Å². The van der Waals surface area contributed by atoms with Gasteiger partial charge in [-0.3, -0.25) is 0 Å². The number of rotatable bonds is 4. The van der Waals surface area contributed by atoms with Gasteiger partial charge in [0.1, 0.15) is 11.2 Å². The summed E-state index contributed by atoms with van der Waals surface area (Å²) in [6, 6.07) is 64.9. The number of benzene rings is 12. The standard InChI is InChI=1S/C56H32O/c1-2-9-33(10-3-1)54-47(39-25-28-51-48(29-39)43-16-4-5-18-50(43)57-51)31-41(46-30-40-15-7-13-35-19-21-37-14-8-17-44(46)55(37)53(35)40)32-49(54)42-26-23-38-22-20-34-11-6-12-36-24-27-45(42)56(38)52(34)36/h1-32H/i31D,32D. The lowest BCUT2D eigenvalue weighted by Crippen LogP contribution is -1.95. The van der Waals surface area contributed by atoms with Gasteiger partial charge >= 0.3 is 0 Å². The van der Waals surface area contributed by atoms with Crippen LogP contribution in [-0.2, 0) is 0 Å². The van der Waals surface area contributed by atoms with Gasteiger partial charge in [0.05, 0.1) is 2.74 Å². The van der Waals surface area contributed by atoms with E-state index in [9.17, 15) is 2.74 Å². The molecule has 12 aromatic carbocycles. The Labute approximate surface area is 331 Å². The molecule has 0 radical (unpaired) electrons. The molecule has 1 nitrogen and oxygen atoms in total. The summed E-state index contributed by atoms with van der Waals surface area (Å²) in [6.07, 6.45) is 0. The quantitative estimate of drug-likeness (QED) is 0.165. The predicted molar refractivity (Wildman–Crippen MR) is 243 cm³/mol. The van der Waals surface area contributed by atoms with E-state index in [-0.39, 0.29) is 0 Å². The van der Waals surface area contributed by atoms with E-state index in [2.05, 4.69) is 152 Å². The summed E-state index contributed by atoms with van der Waals surface area (Å²) in [7, 11) is 0. The summed E-state index contributed by atoms with van der Waals surface area (Å²) in [6.45, 7) is 0. The van der Waals surface area contributed by atoms with Gasteiger partial charge in [-0.1, -0.05) is 158 Å². The fourth-order valence-electron chi connectivity index (χ4n) is 9.78. The molecule has 1 heterocycles. The van der Waals surface area contributed by atoms with E-state index in [1.165, 1.54) is 43.1 Å². The predicted octanol–water partition coefficient (Wildman–Crippen LogP) is 16.0. The highest BCUT2D eigenvalue weighted by Gasteiger charge is 2.22. The maximum atomic E-state index is 10.6. The molecule has 0 saturated heterocycles. The second-order valence-corrected chi connectivity index (χ2v) is 15.4. The van der Waals surface area contributed by atoms with Crippen LogP contribution in [0.3, 0.4) is 0 Å². The van der Waals surface area contributed by atoms with Crippen LogP contribution in [0.5, 0.6) is 0 Å². The maximum absolute atomic E-state index is 10.6. The third-order valence-electron chi connectivity index (χ3n) is 12.3. The SMILES string of the molecule is [2H]c1c(-c2cc3cccc4ccc5cccc2c5c43)c([2H])c(-c2ccc3ccc4cccc5ccc2c3c45)c(-c2ccccc2)c1-c1ccc2oc3ccccc3c2c1. The molecule has 1 aromatic heterocycles. The second kappa shape index (κ2) is 11.5. The van der Waals surface area contributed by atoms with Crippen LogP contribution in [0, 0.1) is 0 Å². The number of para-hydroxylation sites is 1. The second-order valence-electron chi connectivity index (χ2n) is 15.4. The largest absolute Gasteiger partial charge is 0.456 e. The van der Waals surface area contributed by atoms with Gasteiger partial charge in [-0.05, 0) is 145 Å². The van der Waals surface area contributed by atoms with E-state index < -0.39 is 0 Å². The summed E-state index contributed by atoms with van der Waals surface area (Å²) >= 11 is 0. The molecule has 13 aromatic rings. The Morgan fingerprint density at radius 2 is 0.860 bits per heavy atom. The van der Waals surface area contributed by atoms with Crippen LogP contribution >= 0.6 is 0 Å². The van der Waals surface area contributed by atoms with Gasteiger partial charge in [-0.2, -0.15) is 0 Å². The van der Waals surface area contributed by atoms with Gasteiger partial charge in [-0.25, -0.2) is 0 Å². The van der Waals surface area contributed by atoms with Crippen LogP contribution in [0.15, 0.2) is 198 Å². The molecular weight excluding hydrogens is 689 g/mol. The van der Waals surface area contributed by atoms with Crippen LogP contribution in [0.25, 0.3) is 131 Å². The topological polar surface area (TPSA) is 13.1 Å². The van der Waals surface area contributed by atoms with E-state index in [1.54, 1.807) is 0 Å². The molecular formula is C56H32O. The Morgan fingerprint density at radius 1 is 0.298 bits per heavy atom. The zero-order valence-corrected chi connectivity index (χ0v) is 30.7. The zero-order chi connectivity index (χ0) is 38.9. The van der Waals surface area contributed by atoms with Crippen molar-refractivity contribution in [2.24, 2.45) is 0 Å². The van der Waals surface area contributed by atoms with E-state index >= 15 is 0 Å². The first kappa shape index (κ1) is 28.9. The Morgan fingerprint density at radius 3 is 1.65 bits per heavy atom. The van der Waals surface area contributed by atoms with Gasteiger partial charge in [0.2, 0.25) is 0 Å². The zero-order valence-electron chi connectivity index (χ0n) is 32.7. The number of fused-ring (bicyclic) bond motifs is 3. The number of hydrogen-bond acceptors (Lipinski definition) is 1. The van der Waals surface area contributed by atoms with Gasteiger partial charge in [0.15, 0.2) is 0 Å². The molecule has 0 spiro atoms. The van der Waals surface area contributed by atoms with E-state index in [4.69, 9.17) is 4.42 Å². The van der Waals surface area contributed by atoms with Crippen molar-refractivity contribution in [2.45, 2.75) is 0 Å². The van der Waals surface area contributed by atoms with Crippen molar-refractivity contribution >= 4 is 86.6 Å². The molecule has 13 rings (SSSR count). The van der Waals surface area contributed by atoms with Crippen LogP contribution < -0.4 is 0 Å². The molecule has 1 heteroatoms. The first-order valence-corrected chi connectivity index (χ1v) is 19.6. The third kappa shape index (κ3) is 4.40. The average Bonchev–Trinajstić information content (AvgIpc) is 3.66. The lowest BCUT2D eigenvalue weighted by molar-refractivity contribution is 0.669. The first-order valence-electron chi connectivity index (χ1n) is 20.6. The minimum absolute atomic E-state index is 0.331. The number of hydrogen-bond donors (Lipinski definition) is 0. The molecule has 0 fully saturated rings. The van der Waals surface area contributed by atoms with Crippen molar-refractivity contribution < 1.29 is 7.16 Å². The summed E-state index contributed by atoms with van der Waals surface area (Å²) in [5, 5.41) is 16.0. The summed E-state index contributed by atoms with van der Waals surface area (Å²) < 4.78 is 27.4. The highest BCUT2D eigenvalue weighted by Crippen LogP contribution is 2.49. The molecule has 0 bridgehead atoms. The maximum Gasteiger partial charge on any atom is 0.135 e. The molecule has 0 aliphatic carbocycles. The molecule has 262 valence electrons. The highest BCUT2D eigenvalue weighted by molar-refractivity contribution is 6.28. The molecule has 0 unspecified atom stereocenters. The Balaban J connectivity index is 1.24. The van der Waals surface area contributed by atoms with Crippen molar-refractivity contribution in [3.8, 4) is 44.5 Å². The molecule has 0 atom stereocenters. The first-order chi connectivity index (χ1) is 29.1. The minimum Gasteiger partial charge on any atom is -0.456 e. The van der Waals surface area contributed by atoms with E-state index in [0.29, 0.717) is 17.6 Å². The third-order valence-corrected chi connectivity index (χ3v) is 12.3. The van der Waals surface area contributed by atoms with Crippen LogP contribution in [0.2, 0.25) is 0 Å². The fraction of sp³-hybridized carbons (Fsp3) is 0. The normalized spacial score (nSPS) is 12.7. The molecule has 57 heavy (non-hydrogen) atoms. The van der Waals surface area contributed by atoms with Crippen molar-refractivity contribution in [2.75, 3.05) is 0 Å². The van der Waals surface area contributed by atoms with Crippen molar-refractivity contribution in [3.05, 3.63) is 194 Å². The molecule has 0 N–H and O–H groups in total. The minimum atomic E-state index is 0.331. The highest BCUT2D eigenvalue weighted by atomic mass is 16.3. The lowest BCUT2D eigenvalue weighted by atomic mass is 9.81. The van der Waals surface area contributed by atoms with Gasteiger partial charge < -0.3 is 4.42 Å². The van der Waals surface area contributed by atoms with E-state index in [0.717, 1.165) is 82.4 Å². The molecule has 0 aliphatic rings. The smallest absolute Gasteiger partial charge is 0.135 e. The van der Waals surface area contributed by atoms with Crippen molar-refractivity contribution in [3.63, 3.8) is 0 Å².